The standard InChI is InChI=1S/C18H22N8O/c1-24(17-7-13(10-27-2)21-18-19-11-20-26(17)18)14-8-25(9-14)16-6-5-15(22-23-16)12-3-4-12/h5-7,11-12,14H,3-4,8-10H2,1-2H3. The van der Waals surface area contributed by atoms with Gasteiger partial charge in [-0.25, -0.2) is 4.98 Å². The molecule has 0 spiro atoms. The molecule has 2 fully saturated rings. The molecule has 3 aromatic heterocycles. The second kappa shape index (κ2) is 6.41. The minimum absolute atomic E-state index is 0.361. The van der Waals surface area contributed by atoms with Crippen molar-refractivity contribution < 1.29 is 4.74 Å². The van der Waals surface area contributed by atoms with Gasteiger partial charge in [0.15, 0.2) is 5.82 Å². The van der Waals surface area contributed by atoms with Gasteiger partial charge in [0.25, 0.3) is 5.78 Å². The number of anilines is 2. The Morgan fingerprint density at radius 3 is 2.78 bits per heavy atom. The number of hydrogen-bond acceptors (Lipinski definition) is 8. The quantitative estimate of drug-likeness (QED) is 0.645. The first-order valence-corrected chi connectivity index (χ1v) is 9.23. The summed E-state index contributed by atoms with van der Waals surface area (Å²) in [5.74, 6) is 3.14. The van der Waals surface area contributed by atoms with Crippen LogP contribution >= 0.6 is 0 Å². The summed E-state index contributed by atoms with van der Waals surface area (Å²) in [6.45, 7) is 2.24. The Balaban J connectivity index is 1.31. The molecule has 2 aliphatic rings. The van der Waals surface area contributed by atoms with Crippen molar-refractivity contribution in [3.8, 4) is 0 Å². The number of rotatable bonds is 6. The smallest absolute Gasteiger partial charge is 0.254 e. The van der Waals surface area contributed by atoms with Crippen molar-refractivity contribution in [3.05, 3.63) is 35.9 Å². The summed E-state index contributed by atoms with van der Waals surface area (Å²) in [6, 6.07) is 6.59. The average Bonchev–Trinajstić information content (AvgIpc) is 3.38. The van der Waals surface area contributed by atoms with Crippen molar-refractivity contribution >= 4 is 17.4 Å². The summed E-state index contributed by atoms with van der Waals surface area (Å²) < 4.78 is 7.00. The fraction of sp³-hybridized carbons (Fsp3) is 0.500. The molecule has 1 saturated carbocycles. The van der Waals surface area contributed by atoms with Gasteiger partial charge in [-0.1, -0.05) is 0 Å². The van der Waals surface area contributed by atoms with Crippen molar-refractivity contribution in [2.24, 2.45) is 0 Å². The minimum Gasteiger partial charge on any atom is -0.378 e. The van der Waals surface area contributed by atoms with Crippen LogP contribution in [0.2, 0.25) is 0 Å². The van der Waals surface area contributed by atoms with E-state index in [1.165, 1.54) is 19.2 Å². The summed E-state index contributed by atoms with van der Waals surface area (Å²) in [5.41, 5.74) is 1.97. The monoisotopic (exact) mass is 366 g/mol. The van der Waals surface area contributed by atoms with E-state index in [9.17, 15) is 0 Å². The molecule has 0 radical (unpaired) electrons. The van der Waals surface area contributed by atoms with Crippen LogP contribution in [0.1, 0.15) is 30.1 Å². The third-order valence-corrected chi connectivity index (χ3v) is 5.34. The van der Waals surface area contributed by atoms with Crippen LogP contribution in [-0.4, -0.2) is 63.1 Å². The van der Waals surface area contributed by atoms with E-state index < -0.39 is 0 Å². The molecule has 0 atom stereocenters. The topological polar surface area (TPSA) is 84.6 Å². The molecule has 9 heteroatoms. The molecule has 1 aliphatic carbocycles. The molecule has 0 bridgehead atoms. The van der Waals surface area contributed by atoms with E-state index in [1.807, 2.05) is 6.07 Å². The molecule has 0 N–H and O–H groups in total. The lowest BCUT2D eigenvalue weighted by Crippen LogP contribution is -2.59. The summed E-state index contributed by atoms with van der Waals surface area (Å²) in [4.78, 5) is 13.2. The molecule has 0 unspecified atom stereocenters. The number of nitrogens with zero attached hydrogens (tertiary/aromatic N) is 8. The van der Waals surface area contributed by atoms with Gasteiger partial charge in [-0.3, -0.25) is 0 Å². The number of aromatic nitrogens is 6. The Morgan fingerprint density at radius 1 is 1.22 bits per heavy atom. The van der Waals surface area contributed by atoms with Crippen molar-refractivity contribution in [1.29, 1.82) is 0 Å². The number of ether oxygens (including phenoxy) is 1. The summed E-state index contributed by atoms with van der Waals surface area (Å²) >= 11 is 0. The number of hydrogen-bond donors (Lipinski definition) is 0. The maximum Gasteiger partial charge on any atom is 0.254 e. The van der Waals surface area contributed by atoms with Gasteiger partial charge in [0.05, 0.1) is 24.0 Å². The van der Waals surface area contributed by atoms with E-state index >= 15 is 0 Å². The third kappa shape index (κ3) is 2.97. The molecule has 5 rings (SSSR count). The summed E-state index contributed by atoms with van der Waals surface area (Å²) in [6.07, 6.45) is 4.02. The minimum atomic E-state index is 0.361. The molecular weight excluding hydrogens is 344 g/mol. The second-order valence-electron chi connectivity index (χ2n) is 7.27. The first-order valence-electron chi connectivity index (χ1n) is 9.23. The summed E-state index contributed by atoms with van der Waals surface area (Å²) in [5, 5.41) is 13.1. The lowest BCUT2D eigenvalue weighted by molar-refractivity contribution is 0.181. The molecule has 9 nitrogen and oxygen atoms in total. The van der Waals surface area contributed by atoms with Crippen LogP contribution in [0.25, 0.3) is 5.78 Å². The lowest BCUT2D eigenvalue weighted by atomic mass is 10.1. The van der Waals surface area contributed by atoms with Crippen LogP contribution < -0.4 is 9.80 Å². The fourth-order valence-electron chi connectivity index (χ4n) is 3.49. The molecule has 4 heterocycles. The van der Waals surface area contributed by atoms with Crippen LogP contribution in [0, 0.1) is 0 Å². The van der Waals surface area contributed by atoms with Gasteiger partial charge in [0.1, 0.15) is 12.1 Å². The average molecular weight is 366 g/mol. The van der Waals surface area contributed by atoms with Gasteiger partial charge in [0.2, 0.25) is 0 Å². The zero-order valence-corrected chi connectivity index (χ0v) is 15.5. The molecule has 3 aromatic rings. The fourth-order valence-corrected chi connectivity index (χ4v) is 3.49. The molecular formula is C18H22N8O. The van der Waals surface area contributed by atoms with E-state index in [4.69, 9.17) is 4.74 Å². The van der Waals surface area contributed by atoms with Crippen molar-refractivity contribution in [3.63, 3.8) is 0 Å². The van der Waals surface area contributed by atoms with Crippen LogP contribution in [0.5, 0.6) is 0 Å². The van der Waals surface area contributed by atoms with Gasteiger partial charge in [0, 0.05) is 39.2 Å². The molecule has 1 saturated heterocycles. The highest BCUT2D eigenvalue weighted by Crippen LogP contribution is 2.39. The van der Waals surface area contributed by atoms with Crippen LogP contribution in [0.3, 0.4) is 0 Å². The van der Waals surface area contributed by atoms with Gasteiger partial charge < -0.3 is 14.5 Å². The molecule has 1 aliphatic heterocycles. The zero-order valence-electron chi connectivity index (χ0n) is 15.5. The lowest BCUT2D eigenvalue weighted by Gasteiger charge is -2.45. The normalized spacial score (nSPS) is 17.3. The Hall–Kier alpha value is -2.81. The zero-order chi connectivity index (χ0) is 18.4. The first-order chi connectivity index (χ1) is 13.2. The van der Waals surface area contributed by atoms with Gasteiger partial charge in [-0.15, -0.1) is 5.10 Å². The third-order valence-electron chi connectivity index (χ3n) is 5.34. The predicted molar refractivity (Wildman–Crippen MR) is 99.9 cm³/mol. The summed E-state index contributed by atoms with van der Waals surface area (Å²) in [7, 11) is 3.75. The molecule has 0 amide bonds. The molecule has 140 valence electrons. The van der Waals surface area contributed by atoms with Crippen molar-refractivity contribution in [2.75, 3.05) is 37.0 Å². The second-order valence-corrected chi connectivity index (χ2v) is 7.27. The Morgan fingerprint density at radius 2 is 2.07 bits per heavy atom. The number of methoxy groups -OCH3 is 1. The Bertz CT molecular complexity index is 946. The van der Waals surface area contributed by atoms with E-state index in [0.29, 0.717) is 24.3 Å². The van der Waals surface area contributed by atoms with Gasteiger partial charge >= 0.3 is 0 Å². The Kier molecular flexibility index (Phi) is 3.89. The maximum atomic E-state index is 5.23. The highest BCUT2D eigenvalue weighted by atomic mass is 16.5. The van der Waals surface area contributed by atoms with E-state index in [2.05, 4.69) is 54.2 Å². The largest absolute Gasteiger partial charge is 0.378 e. The molecule has 0 aromatic carbocycles. The van der Waals surface area contributed by atoms with Gasteiger partial charge in [-0.05, 0) is 25.0 Å². The van der Waals surface area contributed by atoms with Crippen molar-refractivity contribution in [1.82, 2.24) is 29.8 Å². The van der Waals surface area contributed by atoms with E-state index in [1.54, 1.807) is 11.6 Å². The van der Waals surface area contributed by atoms with Crippen molar-refractivity contribution in [2.45, 2.75) is 31.4 Å². The van der Waals surface area contributed by atoms with Crippen LogP contribution in [0.15, 0.2) is 24.5 Å². The Labute approximate surface area is 157 Å². The highest BCUT2D eigenvalue weighted by molar-refractivity contribution is 5.51. The van der Waals surface area contributed by atoms with Crippen LogP contribution in [-0.2, 0) is 11.3 Å². The number of likely N-dealkylation sites (N-methyl/N-ethyl adjacent to an activating group) is 1. The maximum absolute atomic E-state index is 5.23. The van der Waals surface area contributed by atoms with E-state index in [0.717, 1.165) is 36.1 Å². The SMILES string of the molecule is COCc1cc(N(C)C2CN(c3ccc(C4CC4)nn3)C2)n2ncnc2n1. The predicted octanol–water partition coefficient (Wildman–Crippen LogP) is 1.26. The first kappa shape index (κ1) is 16.4. The molecule has 27 heavy (non-hydrogen) atoms. The van der Waals surface area contributed by atoms with Crippen LogP contribution in [0.4, 0.5) is 11.6 Å². The van der Waals surface area contributed by atoms with Gasteiger partial charge in [-0.2, -0.15) is 19.7 Å². The van der Waals surface area contributed by atoms with E-state index in [-0.39, 0.29) is 0 Å². The number of fused-ring (bicyclic) bond motifs is 1. The highest BCUT2D eigenvalue weighted by Gasteiger charge is 2.33.